The van der Waals surface area contributed by atoms with Crippen molar-refractivity contribution in [2.24, 2.45) is 11.3 Å². The minimum atomic E-state index is 0.509. The monoisotopic (exact) mass is 281 g/mol. The van der Waals surface area contributed by atoms with Crippen LogP contribution in [0.5, 0.6) is 0 Å². The molecule has 1 fully saturated rings. The summed E-state index contributed by atoms with van der Waals surface area (Å²) in [6.07, 6.45) is 2.54. The molecule has 0 aromatic carbocycles. The molecule has 1 aliphatic heterocycles. The van der Waals surface area contributed by atoms with Gasteiger partial charge in [0.15, 0.2) is 5.13 Å². The highest BCUT2D eigenvalue weighted by atomic mass is 32.1. The van der Waals surface area contributed by atoms with Gasteiger partial charge in [-0.2, -0.15) is 0 Å². The molecule has 0 bridgehead atoms. The van der Waals surface area contributed by atoms with Crippen molar-refractivity contribution in [1.82, 2.24) is 10.3 Å². The van der Waals surface area contributed by atoms with Gasteiger partial charge < -0.3 is 10.2 Å². The predicted octanol–water partition coefficient (Wildman–Crippen LogP) is 3.52. The van der Waals surface area contributed by atoms with E-state index in [4.69, 9.17) is 4.98 Å². The normalized spacial score (nSPS) is 19.1. The third-order valence-electron chi connectivity index (χ3n) is 3.79. The number of thiazole rings is 1. The molecule has 1 aromatic heterocycles. The zero-order valence-corrected chi connectivity index (χ0v) is 13.5. The first-order valence-corrected chi connectivity index (χ1v) is 8.24. The fourth-order valence-corrected chi connectivity index (χ4v) is 3.19. The van der Waals surface area contributed by atoms with E-state index in [0.717, 1.165) is 26.2 Å². The van der Waals surface area contributed by atoms with E-state index in [2.05, 4.69) is 43.3 Å². The van der Waals surface area contributed by atoms with Gasteiger partial charge in [0.05, 0.1) is 5.69 Å². The van der Waals surface area contributed by atoms with Gasteiger partial charge in [-0.05, 0) is 30.7 Å². The molecule has 0 atom stereocenters. The van der Waals surface area contributed by atoms with Crippen molar-refractivity contribution >= 4 is 16.5 Å². The van der Waals surface area contributed by atoms with Gasteiger partial charge in [0.1, 0.15) is 0 Å². The van der Waals surface area contributed by atoms with Crippen LogP contribution < -0.4 is 10.2 Å². The molecule has 0 radical (unpaired) electrons. The average Bonchev–Trinajstić information content (AvgIpc) is 2.77. The second-order valence-electron chi connectivity index (χ2n) is 6.80. The summed E-state index contributed by atoms with van der Waals surface area (Å²) in [6, 6.07) is 0. The Labute approximate surface area is 121 Å². The molecular weight excluding hydrogens is 254 g/mol. The largest absolute Gasteiger partial charge is 0.348 e. The van der Waals surface area contributed by atoms with Gasteiger partial charge in [0.2, 0.25) is 0 Å². The maximum atomic E-state index is 4.76. The molecule has 108 valence electrons. The van der Waals surface area contributed by atoms with Crippen molar-refractivity contribution in [2.45, 2.75) is 47.1 Å². The third kappa shape index (κ3) is 4.46. The number of anilines is 1. The molecule has 1 saturated heterocycles. The topological polar surface area (TPSA) is 28.2 Å². The van der Waals surface area contributed by atoms with Crippen molar-refractivity contribution in [2.75, 3.05) is 24.5 Å². The smallest absolute Gasteiger partial charge is 0.185 e. The van der Waals surface area contributed by atoms with Crippen molar-refractivity contribution < 1.29 is 0 Å². The highest BCUT2D eigenvalue weighted by molar-refractivity contribution is 7.13. The third-order valence-corrected chi connectivity index (χ3v) is 4.74. The summed E-state index contributed by atoms with van der Waals surface area (Å²) in [5.74, 6) is 0.697. The van der Waals surface area contributed by atoms with E-state index in [0.29, 0.717) is 11.3 Å². The zero-order chi connectivity index (χ0) is 13.9. The van der Waals surface area contributed by atoms with Crippen LogP contribution in [0.3, 0.4) is 0 Å². The van der Waals surface area contributed by atoms with Gasteiger partial charge in [-0.3, -0.25) is 0 Å². The Morgan fingerprint density at radius 2 is 2.05 bits per heavy atom. The second-order valence-corrected chi connectivity index (χ2v) is 7.63. The van der Waals surface area contributed by atoms with Crippen LogP contribution in [0, 0.1) is 11.3 Å². The van der Waals surface area contributed by atoms with Gasteiger partial charge in [-0.1, -0.05) is 27.7 Å². The lowest BCUT2D eigenvalue weighted by Gasteiger charge is -2.36. The molecular formula is C15H27N3S. The number of hydrogen-bond acceptors (Lipinski definition) is 4. The highest BCUT2D eigenvalue weighted by Crippen LogP contribution is 2.33. The molecule has 0 aliphatic carbocycles. The van der Waals surface area contributed by atoms with Crippen LogP contribution in [-0.2, 0) is 6.54 Å². The molecule has 0 amide bonds. The summed E-state index contributed by atoms with van der Waals surface area (Å²) in [4.78, 5) is 7.21. The maximum Gasteiger partial charge on any atom is 0.185 e. The molecule has 2 rings (SSSR count). The first-order valence-electron chi connectivity index (χ1n) is 7.36. The van der Waals surface area contributed by atoms with Crippen LogP contribution >= 0.6 is 11.3 Å². The van der Waals surface area contributed by atoms with Crippen LogP contribution in [0.25, 0.3) is 0 Å². The number of piperidine rings is 1. The Morgan fingerprint density at radius 3 is 2.68 bits per heavy atom. The summed E-state index contributed by atoms with van der Waals surface area (Å²) in [5, 5.41) is 6.86. The minimum absolute atomic E-state index is 0.509. The first-order chi connectivity index (χ1) is 8.96. The van der Waals surface area contributed by atoms with Crippen molar-refractivity contribution in [3.05, 3.63) is 11.1 Å². The van der Waals surface area contributed by atoms with E-state index < -0.39 is 0 Å². The average molecular weight is 281 g/mol. The second kappa shape index (κ2) is 6.23. The molecule has 19 heavy (non-hydrogen) atoms. The van der Waals surface area contributed by atoms with Crippen molar-refractivity contribution in [3.8, 4) is 0 Å². The quantitative estimate of drug-likeness (QED) is 0.895. The molecule has 0 saturated carbocycles. The van der Waals surface area contributed by atoms with Crippen LogP contribution in [0.4, 0.5) is 5.13 Å². The van der Waals surface area contributed by atoms with E-state index in [1.807, 2.05) is 0 Å². The van der Waals surface area contributed by atoms with E-state index in [1.165, 1.54) is 23.7 Å². The first kappa shape index (κ1) is 14.8. The Morgan fingerprint density at radius 1 is 1.37 bits per heavy atom. The van der Waals surface area contributed by atoms with Crippen molar-refractivity contribution in [3.63, 3.8) is 0 Å². The lowest BCUT2D eigenvalue weighted by molar-refractivity contribution is 0.279. The molecule has 3 nitrogen and oxygen atoms in total. The molecule has 4 heteroatoms. The van der Waals surface area contributed by atoms with E-state index >= 15 is 0 Å². The van der Waals surface area contributed by atoms with E-state index in [9.17, 15) is 0 Å². The van der Waals surface area contributed by atoms with E-state index in [1.54, 1.807) is 11.3 Å². The summed E-state index contributed by atoms with van der Waals surface area (Å²) in [6.45, 7) is 13.5. The summed E-state index contributed by atoms with van der Waals surface area (Å²) in [5.41, 5.74) is 1.69. The van der Waals surface area contributed by atoms with Crippen LogP contribution in [-0.4, -0.2) is 24.6 Å². The molecule has 1 aromatic rings. The summed E-state index contributed by atoms with van der Waals surface area (Å²) in [7, 11) is 0. The predicted molar refractivity (Wildman–Crippen MR) is 83.9 cm³/mol. The molecule has 2 heterocycles. The van der Waals surface area contributed by atoms with Gasteiger partial charge in [-0.15, -0.1) is 11.3 Å². The number of hydrogen-bond donors (Lipinski definition) is 1. The standard InChI is InChI=1S/C15H27N3S/c1-12(2)9-16-10-13-11-19-14(17-13)18-7-5-15(3,4)6-8-18/h11-12,16H,5-10H2,1-4H3. The fraction of sp³-hybridized carbons (Fsp3) is 0.800. The Kier molecular flexibility index (Phi) is 4.85. The van der Waals surface area contributed by atoms with Gasteiger partial charge in [0, 0.05) is 25.0 Å². The van der Waals surface area contributed by atoms with Crippen LogP contribution in [0.2, 0.25) is 0 Å². The molecule has 1 aliphatic rings. The van der Waals surface area contributed by atoms with Gasteiger partial charge >= 0.3 is 0 Å². The van der Waals surface area contributed by atoms with Gasteiger partial charge in [-0.25, -0.2) is 4.98 Å². The number of nitrogens with one attached hydrogen (secondary N) is 1. The van der Waals surface area contributed by atoms with Crippen LogP contribution in [0.15, 0.2) is 5.38 Å². The number of aromatic nitrogens is 1. The number of rotatable bonds is 5. The Balaban J connectivity index is 1.84. The lowest BCUT2D eigenvalue weighted by atomic mass is 9.83. The Hall–Kier alpha value is -0.610. The molecule has 0 unspecified atom stereocenters. The molecule has 0 spiro atoms. The Bertz CT molecular complexity index is 388. The van der Waals surface area contributed by atoms with E-state index in [-0.39, 0.29) is 0 Å². The number of nitrogens with zero attached hydrogens (tertiary/aromatic N) is 2. The van der Waals surface area contributed by atoms with Crippen LogP contribution in [0.1, 0.15) is 46.2 Å². The molecule has 1 N–H and O–H groups in total. The lowest BCUT2D eigenvalue weighted by Crippen LogP contribution is -2.37. The van der Waals surface area contributed by atoms with Gasteiger partial charge in [0.25, 0.3) is 0 Å². The summed E-state index contributed by atoms with van der Waals surface area (Å²) < 4.78 is 0. The highest BCUT2D eigenvalue weighted by Gasteiger charge is 2.26. The summed E-state index contributed by atoms with van der Waals surface area (Å²) >= 11 is 1.79. The minimum Gasteiger partial charge on any atom is -0.348 e. The zero-order valence-electron chi connectivity index (χ0n) is 12.7. The SMILES string of the molecule is CC(C)CNCc1csc(N2CCC(C)(C)CC2)n1. The van der Waals surface area contributed by atoms with Crippen molar-refractivity contribution in [1.29, 1.82) is 0 Å². The maximum absolute atomic E-state index is 4.76. The fourth-order valence-electron chi connectivity index (χ4n) is 2.31.